The van der Waals surface area contributed by atoms with Gasteiger partial charge in [0, 0.05) is 23.2 Å². The standard InChI is InChI=1S/C15H15ClN2O/c16-9-15(7-8-15)10-17-14(19)13-6-5-11-3-1-2-4-12(11)18-13/h1-6H,7-10H2,(H,17,19). The third kappa shape index (κ3) is 2.56. The predicted octanol–water partition coefficient (Wildman–Crippen LogP) is 2.98. The molecular weight excluding hydrogens is 260 g/mol. The first-order chi connectivity index (χ1) is 9.22. The van der Waals surface area contributed by atoms with Crippen LogP contribution < -0.4 is 5.32 Å². The Morgan fingerprint density at radius 3 is 2.79 bits per heavy atom. The number of benzene rings is 1. The van der Waals surface area contributed by atoms with E-state index in [1.54, 1.807) is 6.07 Å². The molecule has 1 heterocycles. The van der Waals surface area contributed by atoms with Crippen molar-refractivity contribution in [2.75, 3.05) is 12.4 Å². The van der Waals surface area contributed by atoms with Gasteiger partial charge in [0.05, 0.1) is 5.52 Å². The number of carbonyl (C=O) groups excluding carboxylic acids is 1. The maximum absolute atomic E-state index is 12.1. The van der Waals surface area contributed by atoms with Crippen molar-refractivity contribution >= 4 is 28.4 Å². The number of aromatic nitrogens is 1. The van der Waals surface area contributed by atoms with Gasteiger partial charge in [-0.05, 0) is 25.0 Å². The Hall–Kier alpha value is -1.61. The Bertz CT molecular complexity index is 622. The van der Waals surface area contributed by atoms with Crippen molar-refractivity contribution in [1.82, 2.24) is 10.3 Å². The number of fused-ring (bicyclic) bond motifs is 1. The summed E-state index contributed by atoms with van der Waals surface area (Å²) in [4.78, 5) is 16.4. The van der Waals surface area contributed by atoms with Crippen LogP contribution in [0.4, 0.5) is 0 Å². The Labute approximate surface area is 117 Å². The third-order valence-corrected chi connectivity index (χ3v) is 4.26. The molecule has 1 saturated carbocycles. The second-order valence-electron chi connectivity index (χ2n) is 5.21. The average Bonchev–Trinajstić information content (AvgIpc) is 3.25. The Balaban J connectivity index is 1.74. The maximum Gasteiger partial charge on any atom is 0.269 e. The van der Waals surface area contributed by atoms with Gasteiger partial charge < -0.3 is 5.32 Å². The number of hydrogen-bond donors (Lipinski definition) is 1. The van der Waals surface area contributed by atoms with E-state index in [9.17, 15) is 4.79 Å². The molecule has 0 bridgehead atoms. The van der Waals surface area contributed by atoms with Gasteiger partial charge in [0.25, 0.3) is 5.91 Å². The number of pyridine rings is 1. The third-order valence-electron chi connectivity index (χ3n) is 3.70. The van der Waals surface area contributed by atoms with Crippen molar-refractivity contribution in [3.63, 3.8) is 0 Å². The number of carbonyl (C=O) groups is 1. The van der Waals surface area contributed by atoms with Gasteiger partial charge in [0.2, 0.25) is 0 Å². The van der Waals surface area contributed by atoms with Gasteiger partial charge in [-0.15, -0.1) is 11.6 Å². The number of rotatable bonds is 4. The molecule has 0 aliphatic heterocycles. The molecule has 19 heavy (non-hydrogen) atoms. The first-order valence-electron chi connectivity index (χ1n) is 6.42. The highest BCUT2D eigenvalue weighted by atomic mass is 35.5. The zero-order valence-electron chi connectivity index (χ0n) is 10.5. The number of amides is 1. The van der Waals surface area contributed by atoms with Crippen LogP contribution in [0.25, 0.3) is 10.9 Å². The maximum atomic E-state index is 12.1. The van der Waals surface area contributed by atoms with Crippen LogP contribution in [0.2, 0.25) is 0 Å². The highest BCUT2D eigenvalue weighted by Crippen LogP contribution is 2.45. The minimum absolute atomic E-state index is 0.123. The molecule has 0 atom stereocenters. The van der Waals surface area contributed by atoms with Gasteiger partial charge in [-0.25, -0.2) is 4.98 Å². The van der Waals surface area contributed by atoms with Crippen molar-refractivity contribution in [3.8, 4) is 0 Å². The van der Waals surface area contributed by atoms with Gasteiger partial charge in [-0.1, -0.05) is 24.3 Å². The first-order valence-corrected chi connectivity index (χ1v) is 6.96. The lowest BCUT2D eigenvalue weighted by Crippen LogP contribution is -2.31. The summed E-state index contributed by atoms with van der Waals surface area (Å²) in [5.74, 6) is 0.487. The minimum Gasteiger partial charge on any atom is -0.350 e. The van der Waals surface area contributed by atoms with E-state index in [2.05, 4.69) is 10.3 Å². The van der Waals surface area contributed by atoms with E-state index < -0.39 is 0 Å². The summed E-state index contributed by atoms with van der Waals surface area (Å²) in [5, 5.41) is 3.97. The zero-order chi connectivity index (χ0) is 13.3. The predicted molar refractivity (Wildman–Crippen MR) is 76.5 cm³/mol. The van der Waals surface area contributed by atoms with Crippen molar-refractivity contribution < 1.29 is 4.79 Å². The van der Waals surface area contributed by atoms with E-state index in [0.29, 0.717) is 18.1 Å². The summed E-state index contributed by atoms with van der Waals surface area (Å²) in [5.41, 5.74) is 1.44. The van der Waals surface area contributed by atoms with Gasteiger partial charge in [-0.2, -0.15) is 0 Å². The van der Waals surface area contributed by atoms with Crippen LogP contribution in [0.5, 0.6) is 0 Å². The summed E-state index contributed by atoms with van der Waals surface area (Å²) in [6.07, 6.45) is 2.20. The lowest BCUT2D eigenvalue weighted by molar-refractivity contribution is 0.0942. The van der Waals surface area contributed by atoms with E-state index in [1.807, 2.05) is 30.3 Å². The molecule has 1 N–H and O–H groups in total. The molecule has 1 aromatic heterocycles. The highest BCUT2D eigenvalue weighted by molar-refractivity contribution is 6.18. The molecule has 1 amide bonds. The average molecular weight is 275 g/mol. The highest BCUT2D eigenvalue weighted by Gasteiger charge is 2.41. The largest absolute Gasteiger partial charge is 0.350 e. The lowest BCUT2D eigenvalue weighted by atomic mass is 10.1. The SMILES string of the molecule is O=C(NCC1(CCl)CC1)c1ccc2ccccc2n1. The van der Waals surface area contributed by atoms with Gasteiger partial charge in [0.1, 0.15) is 5.69 Å². The zero-order valence-corrected chi connectivity index (χ0v) is 11.3. The molecule has 3 rings (SSSR count). The monoisotopic (exact) mass is 274 g/mol. The molecule has 1 aliphatic carbocycles. The fraction of sp³-hybridized carbons (Fsp3) is 0.333. The van der Waals surface area contributed by atoms with Gasteiger partial charge in [0.15, 0.2) is 0 Å². The Morgan fingerprint density at radius 2 is 2.05 bits per heavy atom. The summed E-state index contributed by atoms with van der Waals surface area (Å²) in [6, 6.07) is 11.5. The second-order valence-corrected chi connectivity index (χ2v) is 5.47. The van der Waals surface area contributed by atoms with Gasteiger partial charge >= 0.3 is 0 Å². The van der Waals surface area contributed by atoms with E-state index in [4.69, 9.17) is 11.6 Å². The summed E-state index contributed by atoms with van der Waals surface area (Å²) in [6.45, 7) is 0.643. The molecular formula is C15H15ClN2O. The molecule has 1 aliphatic rings. The molecule has 2 aromatic rings. The fourth-order valence-corrected chi connectivity index (χ4v) is 2.45. The lowest BCUT2D eigenvalue weighted by Gasteiger charge is -2.12. The molecule has 0 unspecified atom stereocenters. The number of alkyl halides is 1. The van der Waals surface area contributed by atoms with Crippen LogP contribution in [0.1, 0.15) is 23.3 Å². The number of nitrogens with one attached hydrogen (secondary N) is 1. The molecule has 98 valence electrons. The molecule has 4 heteroatoms. The van der Waals surface area contributed by atoms with Crippen molar-refractivity contribution in [1.29, 1.82) is 0 Å². The van der Waals surface area contributed by atoms with Crippen molar-refractivity contribution in [2.45, 2.75) is 12.8 Å². The quantitative estimate of drug-likeness (QED) is 0.871. The topological polar surface area (TPSA) is 42.0 Å². The first kappa shape index (κ1) is 12.4. The van der Waals surface area contributed by atoms with E-state index >= 15 is 0 Å². The van der Waals surface area contributed by atoms with Gasteiger partial charge in [-0.3, -0.25) is 4.79 Å². The molecule has 0 spiro atoms. The smallest absolute Gasteiger partial charge is 0.269 e. The van der Waals surface area contributed by atoms with Crippen molar-refractivity contribution in [2.24, 2.45) is 5.41 Å². The number of para-hydroxylation sites is 1. The molecule has 1 aromatic carbocycles. The Kier molecular flexibility index (Phi) is 3.15. The van der Waals surface area contributed by atoms with E-state index in [-0.39, 0.29) is 11.3 Å². The number of nitrogens with zero attached hydrogens (tertiary/aromatic N) is 1. The minimum atomic E-state index is -0.123. The summed E-state index contributed by atoms with van der Waals surface area (Å²) >= 11 is 5.90. The normalized spacial score (nSPS) is 16.3. The van der Waals surface area contributed by atoms with Crippen LogP contribution in [0.3, 0.4) is 0 Å². The number of hydrogen-bond acceptors (Lipinski definition) is 2. The molecule has 0 saturated heterocycles. The molecule has 0 radical (unpaired) electrons. The fourth-order valence-electron chi connectivity index (χ4n) is 2.09. The van der Waals surface area contributed by atoms with Crippen LogP contribution in [-0.4, -0.2) is 23.3 Å². The second kappa shape index (κ2) is 4.82. The number of halogens is 1. The Morgan fingerprint density at radius 1 is 1.26 bits per heavy atom. The summed E-state index contributed by atoms with van der Waals surface area (Å²) < 4.78 is 0. The van der Waals surface area contributed by atoms with Crippen LogP contribution in [0, 0.1) is 5.41 Å². The van der Waals surface area contributed by atoms with Crippen LogP contribution >= 0.6 is 11.6 Å². The van der Waals surface area contributed by atoms with E-state index in [1.165, 1.54) is 0 Å². The van der Waals surface area contributed by atoms with Crippen molar-refractivity contribution in [3.05, 3.63) is 42.1 Å². The molecule has 3 nitrogen and oxygen atoms in total. The van der Waals surface area contributed by atoms with Crippen LogP contribution in [0.15, 0.2) is 36.4 Å². The molecule has 1 fully saturated rings. The van der Waals surface area contributed by atoms with E-state index in [0.717, 1.165) is 23.7 Å². The summed E-state index contributed by atoms with van der Waals surface area (Å²) in [7, 11) is 0. The van der Waals surface area contributed by atoms with Crippen LogP contribution in [-0.2, 0) is 0 Å².